The number of aromatic nitrogens is 1. The molecule has 0 saturated heterocycles. The van der Waals surface area contributed by atoms with E-state index in [2.05, 4.69) is 10.3 Å². The quantitative estimate of drug-likeness (QED) is 0.850. The Morgan fingerprint density at radius 1 is 1.52 bits per heavy atom. The van der Waals surface area contributed by atoms with Gasteiger partial charge in [0.15, 0.2) is 4.34 Å². The predicted molar refractivity (Wildman–Crippen MR) is 86.7 cm³/mol. The number of thiazole rings is 1. The van der Waals surface area contributed by atoms with E-state index >= 15 is 0 Å². The van der Waals surface area contributed by atoms with Crippen molar-refractivity contribution in [1.82, 2.24) is 10.3 Å². The molecular formula is C15H18N2O2S2. The Kier molecular flexibility index (Phi) is 3.94. The lowest BCUT2D eigenvalue weighted by molar-refractivity contribution is -0.126. The van der Waals surface area contributed by atoms with Crippen LogP contribution in [-0.2, 0) is 4.79 Å². The number of aliphatic hydroxyl groups is 1. The molecular weight excluding hydrogens is 304 g/mol. The molecule has 1 heterocycles. The fourth-order valence-corrected chi connectivity index (χ4v) is 4.30. The van der Waals surface area contributed by atoms with Gasteiger partial charge in [-0.1, -0.05) is 37.7 Å². The third-order valence-electron chi connectivity index (χ3n) is 4.15. The number of fused-ring (bicyclic) bond motifs is 1. The number of amides is 1. The second kappa shape index (κ2) is 5.59. The maximum Gasteiger partial charge on any atom is 0.230 e. The molecule has 1 aromatic carbocycles. The van der Waals surface area contributed by atoms with Crippen LogP contribution in [0.5, 0.6) is 0 Å². The lowest BCUT2D eigenvalue weighted by atomic mass is 9.64. The largest absolute Gasteiger partial charge is 0.392 e. The van der Waals surface area contributed by atoms with Gasteiger partial charge in [-0.15, -0.1) is 11.3 Å². The summed E-state index contributed by atoms with van der Waals surface area (Å²) in [5, 5.41) is 12.7. The van der Waals surface area contributed by atoms with E-state index in [1.165, 1.54) is 11.8 Å². The van der Waals surface area contributed by atoms with Crippen molar-refractivity contribution in [2.24, 2.45) is 5.41 Å². The fraction of sp³-hybridized carbons (Fsp3) is 0.467. The number of hydrogen-bond donors (Lipinski definition) is 2. The van der Waals surface area contributed by atoms with Crippen LogP contribution in [0.4, 0.5) is 0 Å². The van der Waals surface area contributed by atoms with Gasteiger partial charge >= 0.3 is 0 Å². The smallest absolute Gasteiger partial charge is 0.230 e. The molecule has 0 bridgehead atoms. The summed E-state index contributed by atoms with van der Waals surface area (Å²) in [4.78, 5) is 16.5. The summed E-state index contributed by atoms with van der Waals surface area (Å²) in [5.41, 5.74) is 0.754. The fourth-order valence-electron chi connectivity index (χ4n) is 2.42. The zero-order chi connectivity index (χ0) is 15.0. The molecule has 1 amide bonds. The van der Waals surface area contributed by atoms with Crippen molar-refractivity contribution in [3.8, 4) is 0 Å². The van der Waals surface area contributed by atoms with Gasteiger partial charge in [-0.3, -0.25) is 4.79 Å². The van der Waals surface area contributed by atoms with Gasteiger partial charge in [0.1, 0.15) is 0 Å². The van der Waals surface area contributed by atoms with E-state index in [-0.39, 0.29) is 23.5 Å². The minimum absolute atomic E-state index is 0.00392. The third kappa shape index (κ3) is 2.93. The minimum atomic E-state index is -0.320. The van der Waals surface area contributed by atoms with Crippen LogP contribution in [0.3, 0.4) is 0 Å². The number of carbonyl (C=O) groups is 1. The molecule has 1 aliphatic carbocycles. The summed E-state index contributed by atoms with van der Waals surface area (Å²) >= 11 is 3.07. The first-order valence-electron chi connectivity index (χ1n) is 6.92. The van der Waals surface area contributed by atoms with Crippen molar-refractivity contribution in [2.75, 3.05) is 5.75 Å². The number of carbonyl (C=O) groups excluding carboxylic acids is 1. The number of rotatable bonds is 4. The predicted octanol–water partition coefficient (Wildman–Crippen LogP) is 2.66. The van der Waals surface area contributed by atoms with Crippen molar-refractivity contribution in [3.05, 3.63) is 24.3 Å². The molecule has 1 saturated carbocycles. The Labute approximate surface area is 132 Å². The highest BCUT2D eigenvalue weighted by atomic mass is 32.2. The van der Waals surface area contributed by atoms with Crippen molar-refractivity contribution >= 4 is 39.2 Å². The number of benzene rings is 1. The monoisotopic (exact) mass is 322 g/mol. The van der Waals surface area contributed by atoms with Crippen LogP contribution < -0.4 is 5.32 Å². The van der Waals surface area contributed by atoms with Gasteiger partial charge < -0.3 is 10.4 Å². The normalized spacial score (nSPS) is 23.8. The summed E-state index contributed by atoms with van der Waals surface area (Å²) in [7, 11) is 0. The summed E-state index contributed by atoms with van der Waals surface area (Å²) in [5.74, 6) is 0.368. The van der Waals surface area contributed by atoms with Crippen LogP contribution in [-0.4, -0.2) is 33.9 Å². The lowest BCUT2D eigenvalue weighted by Gasteiger charge is -2.49. The molecule has 6 heteroatoms. The summed E-state index contributed by atoms with van der Waals surface area (Å²) in [6.07, 6.45) is 0.324. The van der Waals surface area contributed by atoms with Crippen LogP contribution in [0.25, 0.3) is 10.2 Å². The summed E-state index contributed by atoms with van der Waals surface area (Å²) < 4.78 is 2.06. The standard InChI is InChI=1S/C15H18N2O2S2/c1-15(2)11(7-12(15)18)17-13(19)8-20-14-16-9-5-3-4-6-10(9)21-14/h3-6,11-12,18H,7-8H2,1-2H3,(H,17,19). The summed E-state index contributed by atoms with van der Waals surface area (Å²) in [6.45, 7) is 3.96. The molecule has 0 spiro atoms. The number of nitrogens with zero attached hydrogens (tertiary/aromatic N) is 1. The van der Waals surface area contributed by atoms with Crippen LogP contribution >= 0.6 is 23.1 Å². The maximum absolute atomic E-state index is 12.0. The van der Waals surface area contributed by atoms with Crippen LogP contribution in [0.15, 0.2) is 28.6 Å². The molecule has 4 nitrogen and oxygen atoms in total. The second-order valence-corrected chi connectivity index (χ2v) is 8.18. The Morgan fingerprint density at radius 3 is 2.95 bits per heavy atom. The zero-order valence-electron chi connectivity index (χ0n) is 12.0. The molecule has 1 fully saturated rings. The number of nitrogens with one attached hydrogen (secondary N) is 1. The van der Waals surface area contributed by atoms with Gasteiger partial charge in [0.05, 0.1) is 22.1 Å². The molecule has 3 rings (SSSR count). The van der Waals surface area contributed by atoms with Gasteiger partial charge in [0.25, 0.3) is 0 Å². The molecule has 2 atom stereocenters. The lowest BCUT2D eigenvalue weighted by Crippen LogP contribution is -2.61. The molecule has 1 aliphatic rings. The Morgan fingerprint density at radius 2 is 2.29 bits per heavy atom. The van der Waals surface area contributed by atoms with E-state index < -0.39 is 0 Å². The van der Waals surface area contributed by atoms with E-state index in [9.17, 15) is 9.90 Å². The Balaban J connectivity index is 1.54. The SMILES string of the molecule is CC1(C)C(O)CC1NC(=O)CSc1nc2ccccc2s1. The average Bonchev–Trinajstić information content (AvgIpc) is 2.87. The van der Waals surface area contributed by atoms with Gasteiger partial charge in [-0.25, -0.2) is 4.98 Å². The molecule has 2 aromatic rings. The van der Waals surface area contributed by atoms with Crippen LogP contribution in [0, 0.1) is 5.41 Å². The minimum Gasteiger partial charge on any atom is -0.392 e. The summed E-state index contributed by atoms with van der Waals surface area (Å²) in [6, 6.07) is 8.04. The molecule has 1 aromatic heterocycles. The first kappa shape index (κ1) is 14.8. The van der Waals surface area contributed by atoms with Crippen LogP contribution in [0.1, 0.15) is 20.3 Å². The second-order valence-electron chi connectivity index (χ2n) is 5.93. The van der Waals surface area contributed by atoms with E-state index in [1.54, 1.807) is 11.3 Å². The van der Waals surface area contributed by atoms with E-state index in [1.807, 2.05) is 38.1 Å². The van der Waals surface area contributed by atoms with Crippen molar-refractivity contribution < 1.29 is 9.90 Å². The number of aliphatic hydroxyl groups excluding tert-OH is 1. The molecule has 0 radical (unpaired) electrons. The molecule has 2 N–H and O–H groups in total. The van der Waals surface area contributed by atoms with E-state index in [0.29, 0.717) is 12.2 Å². The molecule has 2 unspecified atom stereocenters. The van der Waals surface area contributed by atoms with E-state index in [4.69, 9.17) is 0 Å². The number of hydrogen-bond acceptors (Lipinski definition) is 5. The maximum atomic E-state index is 12.0. The zero-order valence-corrected chi connectivity index (χ0v) is 13.6. The van der Waals surface area contributed by atoms with Crippen molar-refractivity contribution in [3.63, 3.8) is 0 Å². The highest BCUT2D eigenvalue weighted by molar-refractivity contribution is 8.01. The molecule has 0 aliphatic heterocycles. The number of para-hydroxylation sites is 1. The van der Waals surface area contributed by atoms with Gasteiger partial charge in [-0.05, 0) is 18.6 Å². The highest BCUT2D eigenvalue weighted by Gasteiger charge is 2.47. The first-order valence-corrected chi connectivity index (χ1v) is 8.73. The van der Waals surface area contributed by atoms with Gasteiger partial charge in [0, 0.05) is 11.5 Å². The number of thioether (sulfide) groups is 1. The van der Waals surface area contributed by atoms with Gasteiger partial charge in [0.2, 0.25) is 5.91 Å². The topological polar surface area (TPSA) is 62.2 Å². The Hall–Kier alpha value is -1.11. The van der Waals surface area contributed by atoms with Crippen LogP contribution in [0.2, 0.25) is 0 Å². The average molecular weight is 322 g/mol. The highest BCUT2D eigenvalue weighted by Crippen LogP contribution is 2.40. The third-order valence-corrected chi connectivity index (χ3v) is 6.33. The van der Waals surface area contributed by atoms with Gasteiger partial charge in [-0.2, -0.15) is 0 Å². The first-order chi connectivity index (χ1) is 9.96. The van der Waals surface area contributed by atoms with Crippen molar-refractivity contribution in [1.29, 1.82) is 0 Å². The molecule has 112 valence electrons. The molecule has 21 heavy (non-hydrogen) atoms. The Bertz CT molecular complexity index is 635. The van der Waals surface area contributed by atoms with E-state index in [0.717, 1.165) is 14.6 Å². The van der Waals surface area contributed by atoms with Crippen molar-refractivity contribution in [2.45, 2.75) is 36.8 Å².